The van der Waals surface area contributed by atoms with Crippen molar-refractivity contribution >= 4 is 23.1 Å². The minimum absolute atomic E-state index is 0.0210. The zero-order chi connectivity index (χ0) is 15.1. The second-order valence-corrected chi connectivity index (χ2v) is 7.32. The number of nitrogens with zero attached hydrogens (tertiary/aromatic N) is 1. The largest absolute Gasteiger partial charge is 0.360 e. The van der Waals surface area contributed by atoms with Crippen LogP contribution in [-0.2, 0) is 11.2 Å². The van der Waals surface area contributed by atoms with Gasteiger partial charge in [0.1, 0.15) is 11.8 Å². The highest BCUT2D eigenvalue weighted by Gasteiger charge is 2.43. The quantitative estimate of drug-likeness (QED) is 0.900. The highest BCUT2D eigenvalue weighted by molar-refractivity contribution is 7.10. The molecule has 2 N–H and O–H groups in total. The first-order valence-electron chi connectivity index (χ1n) is 7.85. The van der Waals surface area contributed by atoms with Crippen LogP contribution in [0.25, 0.3) is 0 Å². The van der Waals surface area contributed by atoms with E-state index >= 15 is 0 Å². The lowest BCUT2D eigenvalue weighted by Gasteiger charge is -2.32. The van der Waals surface area contributed by atoms with Gasteiger partial charge in [0.2, 0.25) is 0 Å². The third kappa shape index (κ3) is 2.68. The summed E-state index contributed by atoms with van der Waals surface area (Å²) in [6.45, 7) is 3.36. The molecule has 0 aromatic carbocycles. The SMILES string of the molecule is Cc1cc(NC(=O)C[NH+]2CCc3sccc3[C@H]2C2CC2)no1. The molecule has 1 unspecified atom stereocenters. The number of rotatable bonds is 4. The Bertz CT molecular complexity index is 689. The number of anilines is 1. The molecule has 1 saturated carbocycles. The van der Waals surface area contributed by atoms with Gasteiger partial charge in [-0.15, -0.1) is 11.3 Å². The summed E-state index contributed by atoms with van der Waals surface area (Å²) in [6.07, 6.45) is 3.68. The smallest absolute Gasteiger partial charge is 0.280 e. The van der Waals surface area contributed by atoms with Gasteiger partial charge >= 0.3 is 0 Å². The molecule has 4 rings (SSSR count). The van der Waals surface area contributed by atoms with E-state index in [2.05, 4.69) is 21.9 Å². The number of thiophene rings is 1. The Balaban J connectivity index is 1.46. The Labute approximate surface area is 133 Å². The number of amides is 1. The first-order chi connectivity index (χ1) is 10.7. The summed E-state index contributed by atoms with van der Waals surface area (Å²) < 4.78 is 4.99. The molecule has 2 atom stereocenters. The monoisotopic (exact) mass is 318 g/mol. The van der Waals surface area contributed by atoms with E-state index in [1.54, 1.807) is 6.07 Å². The van der Waals surface area contributed by atoms with E-state index in [0.717, 1.165) is 18.9 Å². The summed E-state index contributed by atoms with van der Waals surface area (Å²) in [6, 6.07) is 4.51. The summed E-state index contributed by atoms with van der Waals surface area (Å²) in [5.74, 6) is 2.00. The minimum atomic E-state index is 0.0210. The average Bonchev–Trinajstić information content (AvgIpc) is 3.06. The van der Waals surface area contributed by atoms with Gasteiger partial charge in [0.15, 0.2) is 12.4 Å². The molecule has 5 nitrogen and oxygen atoms in total. The molecule has 116 valence electrons. The van der Waals surface area contributed by atoms with Crippen LogP contribution in [0.5, 0.6) is 0 Å². The summed E-state index contributed by atoms with van der Waals surface area (Å²) in [4.78, 5) is 15.2. The van der Waals surface area contributed by atoms with Crippen LogP contribution in [0.4, 0.5) is 5.82 Å². The second-order valence-electron chi connectivity index (χ2n) is 6.32. The van der Waals surface area contributed by atoms with Crippen molar-refractivity contribution in [3.8, 4) is 0 Å². The Morgan fingerprint density at radius 3 is 3.14 bits per heavy atom. The van der Waals surface area contributed by atoms with Gasteiger partial charge in [-0.2, -0.15) is 0 Å². The molecule has 2 aliphatic rings. The molecule has 1 fully saturated rings. The van der Waals surface area contributed by atoms with Gasteiger partial charge in [0.25, 0.3) is 5.91 Å². The molecular weight excluding hydrogens is 298 g/mol. The van der Waals surface area contributed by atoms with Crippen molar-refractivity contribution < 1.29 is 14.2 Å². The van der Waals surface area contributed by atoms with E-state index in [4.69, 9.17) is 4.52 Å². The van der Waals surface area contributed by atoms with Crippen LogP contribution in [0.2, 0.25) is 0 Å². The van der Waals surface area contributed by atoms with Crippen molar-refractivity contribution in [2.45, 2.75) is 32.2 Å². The van der Waals surface area contributed by atoms with Gasteiger partial charge in [0.05, 0.1) is 6.54 Å². The fourth-order valence-electron chi connectivity index (χ4n) is 3.51. The molecule has 0 spiro atoms. The van der Waals surface area contributed by atoms with E-state index in [-0.39, 0.29) is 5.91 Å². The fourth-order valence-corrected chi connectivity index (χ4v) is 4.44. The highest BCUT2D eigenvalue weighted by Crippen LogP contribution is 2.42. The number of hydrogen-bond acceptors (Lipinski definition) is 4. The fraction of sp³-hybridized carbons (Fsp3) is 0.500. The zero-order valence-corrected chi connectivity index (χ0v) is 13.4. The lowest BCUT2D eigenvalue weighted by atomic mass is 9.96. The minimum Gasteiger partial charge on any atom is -0.360 e. The number of aromatic nitrogens is 1. The lowest BCUT2D eigenvalue weighted by molar-refractivity contribution is -0.928. The van der Waals surface area contributed by atoms with Crippen molar-refractivity contribution in [1.29, 1.82) is 0 Å². The first kappa shape index (κ1) is 14.0. The standard InChI is InChI=1S/C16H19N3O2S/c1-10-8-14(18-21-10)17-15(20)9-19-6-4-13-12(5-7-22-13)16(19)11-2-3-11/h5,7-8,11,16H,2-4,6,9H2,1H3,(H,17,18,20)/p+1/t16-/m1/s1. The van der Waals surface area contributed by atoms with Gasteiger partial charge in [-0.1, -0.05) is 5.16 Å². The Kier molecular flexibility index (Phi) is 3.50. The normalized spacial score (nSPS) is 24.0. The molecule has 1 aliphatic heterocycles. The lowest BCUT2D eigenvalue weighted by Crippen LogP contribution is -3.14. The predicted octanol–water partition coefficient (Wildman–Crippen LogP) is 1.58. The van der Waals surface area contributed by atoms with E-state index < -0.39 is 0 Å². The highest BCUT2D eigenvalue weighted by atomic mass is 32.1. The average molecular weight is 318 g/mol. The topological polar surface area (TPSA) is 59.6 Å². The molecule has 3 heterocycles. The third-order valence-corrected chi connectivity index (χ3v) is 5.60. The van der Waals surface area contributed by atoms with Gasteiger partial charge < -0.3 is 14.7 Å². The molecule has 22 heavy (non-hydrogen) atoms. The van der Waals surface area contributed by atoms with E-state index in [0.29, 0.717) is 24.2 Å². The van der Waals surface area contributed by atoms with Crippen molar-refractivity contribution in [3.63, 3.8) is 0 Å². The van der Waals surface area contributed by atoms with Crippen LogP contribution in [0.1, 0.15) is 35.1 Å². The third-order valence-electron chi connectivity index (χ3n) is 4.60. The molecule has 2 aromatic rings. The predicted molar refractivity (Wildman–Crippen MR) is 84.1 cm³/mol. The zero-order valence-electron chi connectivity index (χ0n) is 12.6. The van der Waals surface area contributed by atoms with Crippen molar-refractivity contribution in [2.75, 3.05) is 18.4 Å². The van der Waals surface area contributed by atoms with Crippen molar-refractivity contribution in [2.24, 2.45) is 5.92 Å². The first-order valence-corrected chi connectivity index (χ1v) is 8.72. The number of hydrogen-bond donors (Lipinski definition) is 2. The molecule has 0 radical (unpaired) electrons. The molecule has 0 saturated heterocycles. The van der Waals surface area contributed by atoms with E-state index in [9.17, 15) is 4.79 Å². The maximum Gasteiger partial charge on any atom is 0.280 e. The molecule has 1 amide bonds. The Morgan fingerprint density at radius 2 is 2.41 bits per heavy atom. The number of quaternary nitrogens is 1. The number of fused-ring (bicyclic) bond motifs is 1. The van der Waals surface area contributed by atoms with Gasteiger partial charge in [-0.05, 0) is 31.2 Å². The molecular formula is C16H20N3O2S+. The van der Waals surface area contributed by atoms with Gasteiger partial charge in [-0.25, -0.2) is 0 Å². The number of carbonyl (C=O) groups excluding carboxylic acids is 1. The number of nitrogens with one attached hydrogen (secondary N) is 2. The summed E-state index contributed by atoms with van der Waals surface area (Å²) in [5.41, 5.74) is 1.49. The molecule has 1 aliphatic carbocycles. The van der Waals surface area contributed by atoms with E-state index in [1.807, 2.05) is 18.3 Å². The Morgan fingerprint density at radius 1 is 1.55 bits per heavy atom. The molecule has 0 bridgehead atoms. The van der Waals surface area contributed by atoms with Crippen LogP contribution in [0.15, 0.2) is 22.0 Å². The molecule has 6 heteroatoms. The Hall–Kier alpha value is -1.66. The number of aryl methyl sites for hydroxylation is 1. The van der Waals surface area contributed by atoms with Crippen LogP contribution < -0.4 is 10.2 Å². The van der Waals surface area contributed by atoms with Crippen LogP contribution in [0.3, 0.4) is 0 Å². The summed E-state index contributed by atoms with van der Waals surface area (Å²) in [7, 11) is 0. The molecule has 2 aromatic heterocycles. The van der Waals surface area contributed by atoms with E-state index in [1.165, 1.54) is 28.2 Å². The van der Waals surface area contributed by atoms with Gasteiger partial charge in [0, 0.05) is 28.8 Å². The van der Waals surface area contributed by atoms with Crippen molar-refractivity contribution in [1.82, 2.24) is 5.16 Å². The van der Waals surface area contributed by atoms with Crippen LogP contribution in [-0.4, -0.2) is 24.2 Å². The van der Waals surface area contributed by atoms with Crippen LogP contribution in [0, 0.1) is 12.8 Å². The summed E-state index contributed by atoms with van der Waals surface area (Å²) in [5, 5.41) is 8.87. The maximum atomic E-state index is 12.3. The second kappa shape index (κ2) is 5.52. The summed E-state index contributed by atoms with van der Waals surface area (Å²) >= 11 is 1.86. The van der Waals surface area contributed by atoms with Crippen molar-refractivity contribution in [3.05, 3.63) is 33.7 Å². The number of carbonyl (C=O) groups is 1. The maximum absolute atomic E-state index is 12.3. The van der Waals surface area contributed by atoms with Crippen LogP contribution >= 0.6 is 11.3 Å². The van der Waals surface area contributed by atoms with Gasteiger partial charge in [-0.3, -0.25) is 4.79 Å².